The lowest BCUT2D eigenvalue weighted by atomic mass is 10.1. The monoisotopic (exact) mass is 561 g/mol. The van der Waals surface area contributed by atoms with E-state index in [1.807, 2.05) is 0 Å². The van der Waals surface area contributed by atoms with Crippen LogP contribution in [-0.2, 0) is 22.4 Å². The quantitative estimate of drug-likeness (QED) is 0.440. The van der Waals surface area contributed by atoms with E-state index in [1.54, 1.807) is 0 Å². The van der Waals surface area contributed by atoms with Gasteiger partial charge in [0.1, 0.15) is 17.7 Å². The maximum absolute atomic E-state index is 13.3. The van der Waals surface area contributed by atoms with Gasteiger partial charge >= 0.3 is 12.4 Å². The highest BCUT2D eigenvalue weighted by Crippen LogP contribution is 2.34. The Balaban J connectivity index is 1.52. The number of pyridine rings is 2. The van der Waals surface area contributed by atoms with E-state index in [1.165, 1.54) is 11.0 Å². The molecule has 4 rings (SSSR count). The Labute approximate surface area is 211 Å². The molecule has 2 aromatic heterocycles. The highest BCUT2D eigenvalue weighted by Gasteiger charge is 2.37. The third kappa shape index (κ3) is 6.13. The van der Waals surface area contributed by atoms with Crippen LogP contribution in [0.25, 0.3) is 0 Å². The molecule has 1 aliphatic rings. The van der Waals surface area contributed by atoms with E-state index < -0.39 is 56.1 Å². The first-order valence-corrected chi connectivity index (χ1v) is 12.1. The zero-order valence-electron chi connectivity index (χ0n) is 18.9. The summed E-state index contributed by atoms with van der Waals surface area (Å²) in [5.41, 5.74) is -2.59. The first kappa shape index (κ1) is 27.1. The number of carbonyl (C=O) groups excluding carboxylic acids is 1. The molecular weight excluding hydrogens is 544 g/mol. The van der Waals surface area contributed by atoms with Crippen LogP contribution in [0.5, 0.6) is 5.75 Å². The molecule has 0 saturated carbocycles. The van der Waals surface area contributed by atoms with E-state index >= 15 is 0 Å². The average Bonchev–Trinajstić information content (AvgIpc) is 2.79. The van der Waals surface area contributed by atoms with Gasteiger partial charge in [-0.05, 0) is 36.4 Å². The Bertz CT molecular complexity index is 1460. The fraction of sp³-hybridized carbons (Fsp3) is 0.227. The lowest BCUT2D eigenvalue weighted by molar-refractivity contribution is -0.138. The summed E-state index contributed by atoms with van der Waals surface area (Å²) in [7, 11) is -4.21. The van der Waals surface area contributed by atoms with Crippen LogP contribution in [0.2, 0.25) is 0 Å². The number of ether oxygens (including phenoxy) is 1. The minimum Gasteiger partial charge on any atom is -0.487 e. The van der Waals surface area contributed by atoms with E-state index in [0.29, 0.717) is 12.3 Å². The van der Waals surface area contributed by atoms with Crippen LogP contribution in [0.4, 0.5) is 37.8 Å². The number of benzene rings is 1. The minimum absolute atomic E-state index is 0.0739. The van der Waals surface area contributed by atoms with E-state index in [2.05, 4.69) is 15.3 Å². The fourth-order valence-electron chi connectivity index (χ4n) is 3.47. The van der Waals surface area contributed by atoms with Gasteiger partial charge in [0.05, 0.1) is 29.8 Å². The normalized spacial score (nSPS) is 14.7. The van der Waals surface area contributed by atoms with Crippen LogP contribution in [0.3, 0.4) is 0 Å². The zero-order valence-corrected chi connectivity index (χ0v) is 19.7. The smallest absolute Gasteiger partial charge is 0.417 e. The molecule has 1 fully saturated rings. The molecule has 0 aliphatic carbocycles. The summed E-state index contributed by atoms with van der Waals surface area (Å²) in [6, 6.07) is 6.74. The molecule has 0 spiro atoms. The van der Waals surface area contributed by atoms with Crippen molar-refractivity contribution in [2.75, 3.05) is 23.3 Å². The van der Waals surface area contributed by atoms with Crippen molar-refractivity contribution in [3.05, 3.63) is 71.5 Å². The molecule has 1 aromatic carbocycles. The van der Waals surface area contributed by atoms with Crippen LogP contribution in [-0.4, -0.2) is 43.5 Å². The third-order valence-electron chi connectivity index (χ3n) is 5.35. The number of nitrogens with one attached hydrogen (secondary N) is 1. The summed E-state index contributed by atoms with van der Waals surface area (Å²) < 4.78 is 107. The van der Waals surface area contributed by atoms with Crippen LogP contribution >= 0.6 is 0 Å². The number of hydrogen-bond acceptors (Lipinski definition) is 7. The Hall–Kier alpha value is -3.92. The van der Waals surface area contributed by atoms with E-state index in [0.717, 1.165) is 36.5 Å². The van der Waals surface area contributed by atoms with Crippen LogP contribution in [0.15, 0.2) is 59.9 Å². The summed E-state index contributed by atoms with van der Waals surface area (Å²) in [4.78, 5) is 21.8. The number of nitrogens with two attached hydrogens (primary N) is 1. The molecule has 16 heteroatoms. The number of alkyl halides is 6. The van der Waals surface area contributed by atoms with Crippen molar-refractivity contribution in [2.45, 2.75) is 23.5 Å². The SMILES string of the molecule is NS(=O)(=O)c1cc(NC(=O)c2cc(C(F)(F)F)cnc2N2CC(Oc3ccc(C(F)(F)F)cc3)C2)ccn1. The summed E-state index contributed by atoms with van der Waals surface area (Å²) >= 11 is 0. The van der Waals surface area contributed by atoms with Gasteiger partial charge in [0, 0.05) is 24.1 Å². The molecular formula is C22H17F6N5O4S. The second-order valence-corrected chi connectivity index (χ2v) is 9.65. The maximum atomic E-state index is 13.3. The predicted octanol–water partition coefficient (Wildman–Crippen LogP) is 3.68. The Morgan fingerprint density at radius 2 is 1.61 bits per heavy atom. The number of anilines is 2. The first-order valence-electron chi connectivity index (χ1n) is 10.6. The van der Waals surface area contributed by atoms with Crippen LogP contribution < -0.4 is 20.1 Å². The topological polar surface area (TPSA) is 128 Å². The molecule has 1 amide bonds. The number of amides is 1. The van der Waals surface area contributed by atoms with Crippen LogP contribution in [0.1, 0.15) is 21.5 Å². The van der Waals surface area contributed by atoms with E-state index in [4.69, 9.17) is 9.88 Å². The van der Waals surface area contributed by atoms with E-state index in [9.17, 15) is 39.6 Å². The van der Waals surface area contributed by atoms with Crippen molar-refractivity contribution in [1.29, 1.82) is 0 Å². The Kier molecular flexibility index (Phi) is 6.96. The summed E-state index contributed by atoms with van der Waals surface area (Å²) in [5.74, 6) is -0.967. The number of nitrogens with zero attached hydrogens (tertiary/aromatic N) is 3. The number of rotatable bonds is 6. The Morgan fingerprint density at radius 3 is 2.18 bits per heavy atom. The molecule has 0 radical (unpaired) electrons. The van der Waals surface area contributed by atoms with E-state index in [-0.39, 0.29) is 30.3 Å². The number of hydrogen-bond donors (Lipinski definition) is 2. The van der Waals surface area contributed by atoms with Gasteiger partial charge in [0.15, 0.2) is 5.03 Å². The zero-order chi connectivity index (χ0) is 27.9. The first-order chi connectivity index (χ1) is 17.6. The molecule has 0 unspecified atom stereocenters. The number of aromatic nitrogens is 2. The summed E-state index contributed by atoms with van der Waals surface area (Å²) in [6.07, 6.45) is -8.25. The van der Waals surface area contributed by atoms with Gasteiger partial charge in [-0.1, -0.05) is 0 Å². The van der Waals surface area contributed by atoms with Crippen molar-refractivity contribution in [3.8, 4) is 5.75 Å². The van der Waals surface area contributed by atoms with Gasteiger partial charge in [-0.25, -0.2) is 23.5 Å². The molecule has 0 atom stereocenters. The van der Waals surface area contributed by atoms with Gasteiger partial charge in [0.2, 0.25) is 0 Å². The summed E-state index contributed by atoms with van der Waals surface area (Å²) in [5, 5.41) is 6.75. The standard InChI is InChI=1S/C22H17F6N5O4S/c23-21(24,25)12-1-3-15(4-2-12)37-16-10-33(11-16)19-17(7-13(9-31-19)22(26,27)28)20(34)32-14-5-6-30-18(8-14)38(29,35)36/h1-9,16H,10-11H2,(H2,29,35,36)(H,30,32,34). The predicted molar refractivity (Wildman–Crippen MR) is 121 cm³/mol. The minimum atomic E-state index is -4.80. The van der Waals surface area contributed by atoms with Gasteiger partial charge in [-0.3, -0.25) is 4.79 Å². The van der Waals surface area contributed by atoms with Gasteiger partial charge in [0.25, 0.3) is 15.9 Å². The molecule has 3 aromatic rings. The fourth-order valence-corrected chi connectivity index (χ4v) is 3.97. The number of halogens is 6. The highest BCUT2D eigenvalue weighted by atomic mass is 32.2. The maximum Gasteiger partial charge on any atom is 0.417 e. The van der Waals surface area contributed by atoms with Crippen molar-refractivity contribution in [2.24, 2.45) is 5.14 Å². The van der Waals surface area contributed by atoms with Gasteiger partial charge < -0.3 is 15.0 Å². The molecule has 1 aliphatic heterocycles. The molecule has 9 nitrogen and oxygen atoms in total. The second kappa shape index (κ2) is 9.75. The second-order valence-electron chi connectivity index (χ2n) is 8.14. The molecule has 3 N–H and O–H groups in total. The number of carbonyl (C=O) groups is 1. The lowest BCUT2D eigenvalue weighted by Gasteiger charge is -2.40. The molecule has 38 heavy (non-hydrogen) atoms. The summed E-state index contributed by atoms with van der Waals surface area (Å²) in [6.45, 7) is 0.148. The average molecular weight is 561 g/mol. The van der Waals surface area contributed by atoms with Crippen molar-refractivity contribution < 1.29 is 44.3 Å². The Morgan fingerprint density at radius 1 is 0.974 bits per heavy atom. The largest absolute Gasteiger partial charge is 0.487 e. The lowest BCUT2D eigenvalue weighted by Crippen LogP contribution is -2.54. The van der Waals surface area contributed by atoms with Gasteiger partial charge in [-0.15, -0.1) is 0 Å². The highest BCUT2D eigenvalue weighted by molar-refractivity contribution is 7.89. The van der Waals surface area contributed by atoms with Crippen molar-refractivity contribution >= 4 is 27.4 Å². The van der Waals surface area contributed by atoms with Crippen LogP contribution in [0, 0.1) is 0 Å². The number of sulfonamides is 1. The van der Waals surface area contributed by atoms with Gasteiger partial charge in [-0.2, -0.15) is 26.3 Å². The third-order valence-corrected chi connectivity index (χ3v) is 6.16. The number of primary sulfonamides is 1. The van der Waals surface area contributed by atoms with Crippen molar-refractivity contribution in [3.63, 3.8) is 0 Å². The van der Waals surface area contributed by atoms with Crippen molar-refractivity contribution in [1.82, 2.24) is 9.97 Å². The molecule has 3 heterocycles. The molecule has 1 saturated heterocycles. The molecule has 0 bridgehead atoms. The molecule has 202 valence electrons.